The van der Waals surface area contributed by atoms with Gasteiger partial charge in [-0.25, -0.2) is 0 Å². The highest BCUT2D eigenvalue weighted by molar-refractivity contribution is 9.10. The van der Waals surface area contributed by atoms with Crippen LogP contribution in [0.25, 0.3) is 0 Å². The lowest BCUT2D eigenvalue weighted by Crippen LogP contribution is -2.42. The first-order valence-electron chi connectivity index (χ1n) is 8.62. The van der Waals surface area contributed by atoms with Gasteiger partial charge < -0.3 is 20.3 Å². The van der Waals surface area contributed by atoms with Gasteiger partial charge in [0, 0.05) is 43.8 Å². The maximum atomic E-state index is 12.2. The number of hydrogen-bond acceptors (Lipinski definition) is 3. The molecule has 0 aliphatic heterocycles. The summed E-state index contributed by atoms with van der Waals surface area (Å²) in [6.07, 6.45) is 0. The maximum absolute atomic E-state index is 12.2. The Morgan fingerprint density at radius 2 is 1.85 bits per heavy atom. The zero-order valence-corrected chi connectivity index (χ0v) is 17.4. The molecule has 7 heteroatoms. The van der Waals surface area contributed by atoms with E-state index in [-0.39, 0.29) is 5.91 Å². The number of carbonyl (C=O) groups is 1. The average Bonchev–Trinajstić information content (AvgIpc) is 2.69. The van der Waals surface area contributed by atoms with E-state index >= 15 is 0 Å². The van der Waals surface area contributed by atoms with Crippen LogP contribution in [-0.4, -0.2) is 51.1 Å². The fourth-order valence-corrected chi connectivity index (χ4v) is 2.80. The molecule has 27 heavy (non-hydrogen) atoms. The Hall–Kier alpha value is -2.54. The van der Waals surface area contributed by atoms with Crippen LogP contribution in [0.15, 0.2) is 58.0 Å². The molecule has 1 amide bonds. The largest absolute Gasteiger partial charge is 0.497 e. The predicted molar refractivity (Wildman–Crippen MR) is 112 cm³/mol. The van der Waals surface area contributed by atoms with Crippen molar-refractivity contribution in [1.29, 1.82) is 0 Å². The van der Waals surface area contributed by atoms with E-state index in [0.717, 1.165) is 17.0 Å². The quantitative estimate of drug-likeness (QED) is 0.401. The van der Waals surface area contributed by atoms with E-state index in [0.29, 0.717) is 24.4 Å². The van der Waals surface area contributed by atoms with Crippen LogP contribution >= 0.6 is 15.9 Å². The van der Waals surface area contributed by atoms with Crippen molar-refractivity contribution in [2.45, 2.75) is 6.54 Å². The summed E-state index contributed by atoms with van der Waals surface area (Å²) in [5.74, 6) is 1.30. The second-order valence-corrected chi connectivity index (χ2v) is 6.86. The normalized spacial score (nSPS) is 11.0. The van der Waals surface area contributed by atoms with Crippen molar-refractivity contribution in [3.8, 4) is 5.75 Å². The molecule has 0 saturated carbocycles. The number of aliphatic imine (C=N–C) groups is 1. The molecule has 0 aromatic heterocycles. The molecule has 0 unspecified atom stereocenters. The molecule has 2 rings (SSSR count). The molecule has 2 N–H and O–H groups in total. The molecular formula is C20H25BrN4O2. The summed E-state index contributed by atoms with van der Waals surface area (Å²) in [4.78, 5) is 18.5. The summed E-state index contributed by atoms with van der Waals surface area (Å²) < 4.78 is 6.20. The number of carbonyl (C=O) groups excluding carboxylic acids is 1. The second-order valence-electron chi connectivity index (χ2n) is 5.94. The third-order valence-electron chi connectivity index (χ3n) is 3.93. The number of amides is 1. The molecule has 0 fully saturated rings. The fraction of sp³-hybridized carbons (Fsp3) is 0.300. The Balaban J connectivity index is 1.78. The Morgan fingerprint density at radius 1 is 1.15 bits per heavy atom. The van der Waals surface area contributed by atoms with E-state index in [1.807, 2.05) is 30.1 Å². The molecule has 0 aliphatic carbocycles. The van der Waals surface area contributed by atoms with Crippen LogP contribution < -0.4 is 15.4 Å². The first kappa shape index (κ1) is 20.8. The smallest absolute Gasteiger partial charge is 0.251 e. The minimum Gasteiger partial charge on any atom is -0.497 e. The zero-order valence-electron chi connectivity index (χ0n) is 15.8. The first-order chi connectivity index (χ1) is 13.0. The molecule has 0 radical (unpaired) electrons. The third-order valence-corrected chi connectivity index (χ3v) is 4.46. The van der Waals surface area contributed by atoms with Gasteiger partial charge in [-0.05, 0) is 35.9 Å². The molecule has 0 heterocycles. The third kappa shape index (κ3) is 6.60. The lowest BCUT2D eigenvalue weighted by atomic mass is 10.2. The van der Waals surface area contributed by atoms with E-state index in [2.05, 4.69) is 43.7 Å². The minimum absolute atomic E-state index is 0.131. The molecular weight excluding hydrogens is 408 g/mol. The van der Waals surface area contributed by atoms with Crippen molar-refractivity contribution in [1.82, 2.24) is 15.5 Å². The molecule has 0 spiro atoms. The highest BCUT2D eigenvalue weighted by Gasteiger charge is 2.08. The molecule has 2 aromatic carbocycles. The van der Waals surface area contributed by atoms with Gasteiger partial charge >= 0.3 is 0 Å². The van der Waals surface area contributed by atoms with Gasteiger partial charge in [0.2, 0.25) is 0 Å². The zero-order chi connectivity index (χ0) is 19.6. The first-order valence-corrected chi connectivity index (χ1v) is 9.41. The summed E-state index contributed by atoms with van der Waals surface area (Å²) in [6, 6.07) is 15.3. The molecule has 2 aromatic rings. The number of hydrogen-bond donors (Lipinski definition) is 2. The van der Waals surface area contributed by atoms with Crippen molar-refractivity contribution in [3.63, 3.8) is 0 Å². The van der Waals surface area contributed by atoms with Gasteiger partial charge in [-0.15, -0.1) is 0 Å². The lowest BCUT2D eigenvalue weighted by molar-refractivity contribution is 0.0954. The van der Waals surface area contributed by atoms with Gasteiger partial charge in [-0.1, -0.05) is 34.1 Å². The fourth-order valence-electron chi connectivity index (χ4n) is 2.54. The van der Waals surface area contributed by atoms with Crippen LogP contribution in [-0.2, 0) is 6.54 Å². The lowest BCUT2D eigenvalue weighted by Gasteiger charge is -2.22. The van der Waals surface area contributed by atoms with Crippen LogP contribution in [0, 0.1) is 0 Å². The molecule has 0 atom stereocenters. The molecule has 0 aliphatic rings. The van der Waals surface area contributed by atoms with Crippen LogP contribution in [0.5, 0.6) is 5.75 Å². The van der Waals surface area contributed by atoms with Crippen LogP contribution in [0.2, 0.25) is 0 Å². The van der Waals surface area contributed by atoms with E-state index in [1.54, 1.807) is 32.4 Å². The molecule has 144 valence electrons. The van der Waals surface area contributed by atoms with E-state index < -0.39 is 0 Å². The van der Waals surface area contributed by atoms with Gasteiger partial charge in [0.15, 0.2) is 5.96 Å². The minimum atomic E-state index is -0.131. The second kappa shape index (κ2) is 10.6. The molecule has 6 nitrogen and oxygen atoms in total. The van der Waals surface area contributed by atoms with E-state index in [4.69, 9.17) is 4.74 Å². The monoisotopic (exact) mass is 432 g/mol. The number of nitrogens with one attached hydrogen (secondary N) is 2. The number of rotatable bonds is 7. The SMILES string of the molecule is CN=C(NCCNC(=O)c1cccc(OC)c1)N(C)Cc1ccc(Br)cc1. The van der Waals surface area contributed by atoms with Crippen LogP contribution in [0.3, 0.4) is 0 Å². The number of nitrogens with zero attached hydrogens (tertiary/aromatic N) is 2. The average molecular weight is 433 g/mol. The predicted octanol–water partition coefficient (Wildman–Crippen LogP) is 2.89. The maximum Gasteiger partial charge on any atom is 0.251 e. The Kier molecular flexibility index (Phi) is 8.13. The van der Waals surface area contributed by atoms with Crippen molar-refractivity contribution >= 4 is 27.8 Å². The molecule has 0 bridgehead atoms. The van der Waals surface area contributed by atoms with Gasteiger partial charge in [-0.3, -0.25) is 9.79 Å². The number of guanidine groups is 1. The topological polar surface area (TPSA) is 66.0 Å². The number of ether oxygens (including phenoxy) is 1. The van der Waals surface area contributed by atoms with Gasteiger partial charge in [0.25, 0.3) is 5.91 Å². The summed E-state index contributed by atoms with van der Waals surface area (Å²) in [6.45, 7) is 1.80. The van der Waals surface area contributed by atoms with Crippen molar-refractivity contribution < 1.29 is 9.53 Å². The van der Waals surface area contributed by atoms with Crippen LogP contribution in [0.4, 0.5) is 0 Å². The molecule has 0 saturated heterocycles. The van der Waals surface area contributed by atoms with Gasteiger partial charge in [-0.2, -0.15) is 0 Å². The van der Waals surface area contributed by atoms with Crippen molar-refractivity contribution in [3.05, 3.63) is 64.1 Å². The summed E-state index contributed by atoms with van der Waals surface area (Å²) in [7, 11) is 5.30. The number of benzene rings is 2. The highest BCUT2D eigenvalue weighted by atomic mass is 79.9. The van der Waals surface area contributed by atoms with Gasteiger partial charge in [0.1, 0.15) is 5.75 Å². The van der Waals surface area contributed by atoms with E-state index in [1.165, 1.54) is 5.56 Å². The van der Waals surface area contributed by atoms with E-state index in [9.17, 15) is 4.79 Å². The summed E-state index contributed by atoms with van der Waals surface area (Å²) >= 11 is 3.44. The standard InChI is InChI=1S/C20H25BrN4O2/c1-22-20(25(2)14-15-7-9-17(21)10-8-15)24-12-11-23-19(26)16-5-4-6-18(13-16)27-3/h4-10,13H,11-12,14H2,1-3H3,(H,22,24)(H,23,26). The van der Waals surface area contributed by atoms with Crippen molar-refractivity contribution in [2.24, 2.45) is 4.99 Å². The number of methoxy groups -OCH3 is 1. The Morgan fingerprint density at radius 3 is 2.52 bits per heavy atom. The number of halogens is 1. The highest BCUT2D eigenvalue weighted by Crippen LogP contribution is 2.12. The van der Waals surface area contributed by atoms with Crippen molar-refractivity contribution in [2.75, 3.05) is 34.3 Å². The summed E-state index contributed by atoms with van der Waals surface area (Å²) in [5.41, 5.74) is 1.76. The van der Waals surface area contributed by atoms with Gasteiger partial charge in [0.05, 0.1) is 7.11 Å². The van der Waals surface area contributed by atoms with Crippen LogP contribution in [0.1, 0.15) is 15.9 Å². The Labute approximate surface area is 168 Å². The Bertz CT molecular complexity index is 778. The summed E-state index contributed by atoms with van der Waals surface area (Å²) in [5, 5.41) is 6.15.